The minimum Gasteiger partial charge on any atom is -0.343 e. The van der Waals surface area contributed by atoms with Crippen LogP contribution in [0.3, 0.4) is 0 Å². The third kappa shape index (κ3) is 3.92. The molecular formula is C18H15ClN4O2. The maximum atomic E-state index is 12.2. The lowest BCUT2D eigenvalue weighted by atomic mass is 10.2. The maximum Gasteiger partial charge on any atom is 0.251 e. The van der Waals surface area contributed by atoms with Gasteiger partial charge in [0, 0.05) is 28.7 Å². The van der Waals surface area contributed by atoms with Crippen LogP contribution in [0.15, 0.2) is 48.8 Å². The topological polar surface area (TPSA) is 84.0 Å². The van der Waals surface area contributed by atoms with Gasteiger partial charge in [-0.1, -0.05) is 17.7 Å². The Bertz CT molecular complexity index is 959. The van der Waals surface area contributed by atoms with Gasteiger partial charge in [-0.2, -0.15) is 0 Å². The van der Waals surface area contributed by atoms with Gasteiger partial charge >= 0.3 is 0 Å². The van der Waals surface area contributed by atoms with Crippen molar-refractivity contribution in [3.8, 4) is 0 Å². The number of amides is 2. The van der Waals surface area contributed by atoms with Crippen molar-refractivity contribution in [2.75, 3.05) is 11.9 Å². The highest BCUT2D eigenvalue weighted by molar-refractivity contribution is 6.31. The van der Waals surface area contributed by atoms with Crippen molar-refractivity contribution in [3.63, 3.8) is 0 Å². The van der Waals surface area contributed by atoms with Gasteiger partial charge in [0.2, 0.25) is 5.91 Å². The van der Waals surface area contributed by atoms with Crippen molar-refractivity contribution < 1.29 is 9.59 Å². The number of anilines is 1. The molecule has 0 aliphatic heterocycles. The van der Waals surface area contributed by atoms with E-state index in [1.807, 2.05) is 6.92 Å². The van der Waals surface area contributed by atoms with Crippen molar-refractivity contribution in [2.45, 2.75) is 6.92 Å². The molecule has 0 atom stereocenters. The number of rotatable bonds is 4. The van der Waals surface area contributed by atoms with E-state index in [2.05, 4.69) is 20.6 Å². The fourth-order valence-electron chi connectivity index (χ4n) is 2.30. The highest BCUT2D eigenvalue weighted by Crippen LogP contribution is 2.22. The lowest BCUT2D eigenvalue weighted by Crippen LogP contribution is -2.33. The van der Waals surface area contributed by atoms with Gasteiger partial charge in [-0.05, 0) is 42.8 Å². The summed E-state index contributed by atoms with van der Waals surface area (Å²) in [4.78, 5) is 32.5. The fourth-order valence-corrected chi connectivity index (χ4v) is 2.48. The monoisotopic (exact) mass is 354 g/mol. The Morgan fingerprint density at radius 1 is 1.08 bits per heavy atom. The normalized spacial score (nSPS) is 10.5. The molecule has 0 bridgehead atoms. The molecule has 0 saturated carbocycles. The van der Waals surface area contributed by atoms with Crippen LogP contribution in [-0.2, 0) is 4.79 Å². The van der Waals surface area contributed by atoms with Crippen LogP contribution >= 0.6 is 11.6 Å². The number of aromatic nitrogens is 2. The van der Waals surface area contributed by atoms with Crippen LogP contribution < -0.4 is 10.6 Å². The molecule has 0 radical (unpaired) electrons. The molecule has 0 fully saturated rings. The highest BCUT2D eigenvalue weighted by Gasteiger charge is 2.11. The molecule has 2 aromatic carbocycles. The van der Waals surface area contributed by atoms with Gasteiger partial charge in [0.15, 0.2) is 0 Å². The molecule has 1 heterocycles. The molecule has 6 nitrogen and oxygen atoms in total. The van der Waals surface area contributed by atoms with E-state index in [4.69, 9.17) is 11.6 Å². The van der Waals surface area contributed by atoms with E-state index in [0.29, 0.717) is 27.3 Å². The molecule has 2 N–H and O–H groups in total. The molecule has 3 aromatic rings. The second kappa shape index (κ2) is 7.27. The minimum absolute atomic E-state index is 0.150. The summed E-state index contributed by atoms with van der Waals surface area (Å²) in [5.41, 5.74) is 3.13. The summed E-state index contributed by atoms with van der Waals surface area (Å²) in [6.07, 6.45) is 3.15. The number of nitrogens with one attached hydrogen (secondary N) is 2. The third-order valence-electron chi connectivity index (χ3n) is 3.68. The number of hydrogen-bond donors (Lipinski definition) is 2. The van der Waals surface area contributed by atoms with Crippen LogP contribution in [0.1, 0.15) is 15.9 Å². The first kappa shape index (κ1) is 16.9. The summed E-state index contributed by atoms with van der Waals surface area (Å²) in [5, 5.41) is 5.88. The summed E-state index contributed by atoms with van der Waals surface area (Å²) in [6.45, 7) is 1.66. The van der Waals surface area contributed by atoms with E-state index in [1.165, 1.54) is 0 Å². The lowest BCUT2D eigenvalue weighted by molar-refractivity contribution is -0.115. The molecule has 0 spiro atoms. The summed E-state index contributed by atoms with van der Waals surface area (Å²) in [6, 6.07) is 10.2. The molecular weight excluding hydrogens is 340 g/mol. The van der Waals surface area contributed by atoms with E-state index >= 15 is 0 Å². The van der Waals surface area contributed by atoms with Crippen LogP contribution in [0, 0.1) is 6.92 Å². The van der Waals surface area contributed by atoms with Crippen LogP contribution in [0.4, 0.5) is 5.69 Å². The van der Waals surface area contributed by atoms with E-state index in [1.54, 1.807) is 48.8 Å². The summed E-state index contributed by atoms with van der Waals surface area (Å²) >= 11 is 6.02. The zero-order chi connectivity index (χ0) is 17.8. The molecule has 1 aromatic heterocycles. The zero-order valence-electron chi connectivity index (χ0n) is 13.4. The molecule has 7 heteroatoms. The Kier molecular flexibility index (Phi) is 4.90. The first-order valence-corrected chi connectivity index (χ1v) is 7.96. The van der Waals surface area contributed by atoms with E-state index in [9.17, 15) is 9.59 Å². The SMILES string of the molecule is Cc1c(Cl)cccc1NC(=O)CNC(=O)c1ccc2nccnc2c1. The Balaban J connectivity index is 1.63. The maximum absolute atomic E-state index is 12.2. The second-order valence-corrected chi connectivity index (χ2v) is 5.81. The van der Waals surface area contributed by atoms with Gasteiger partial charge in [-0.3, -0.25) is 19.6 Å². The van der Waals surface area contributed by atoms with E-state index in [0.717, 1.165) is 5.56 Å². The number of hydrogen-bond acceptors (Lipinski definition) is 4. The van der Waals surface area contributed by atoms with Crippen LogP contribution in [-0.4, -0.2) is 28.3 Å². The summed E-state index contributed by atoms with van der Waals surface area (Å²) in [5.74, 6) is -0.690. The Morgan fingerprint density at radius 2 is 1.84 bits per heavy atom. The van der Waals surface area contributed by atoms with E-state index in [-0.39, 0.29) is 18.4 Å². The zero-order valence-corrected chi connectivity index (χ0v) is 14.2. The summed E-state index contributed by atoms with van der Waals surface area (Å²) < 4.78 is 0. The highest BCUT2D eigenvalue weighted by atomic mass is 35.5. The number of carbonyl (C=O) groups is 2. The van der Waals surface area contributed by atoms with Gasteiger partial charge in [0.25, 0.3) is 5.91 Å². The lowest BCUT2D eigenvalue weighted by Gasteiger charge is -2.10. The van der Waals surface area contributed by atoms with Gasteiger partial charge in [-0.25, -0.2) is 0 Å². The van der Waals surface area contributed by atoms with Gasteiger partial charge in [0.1, 0.15) is 0 Å². The Labute approximate surface area is 149 Å². The first-order valence-electron chi connectivity index (χ1n) is 7.58. The van der Waals surface area contributed by atoms with Crippen molar-refractivity contribution in [1.29, 1.82) is 0 Å². The molecule has 0 aliphatic rings. The first-order chi connectivity index (χ1) is 12.0. The molecule has 25 heavy (non-hydrogen) atoms. The van der Waals surface area contributed by atoms with Crippen LogP contribution in [0.25, 0.3) is 11.0 Å². The average molecular weight is 355 g/mol. The van der Waals surface area contributed by atoms with Crippen molar-refractivity contribution in [3.05, 3.63) is 64.9 Å². The van der Waals surface area contributed by atoms with E-state index < -0.39 is 0 Å². The molecule has 0 aliphatic carbocycles. The number of fused-ring (bicyclic) bond motifs is 1. The van der Waals surface area contributed by atoms with Gasteiger partial charge in [-0.15, -0.1) is 0 Å². The molecule has 126 valence electrons. The van der Waals surface area contributed by atoms with Crippen molar-refractivity contribution in [2.24, 2.45) is 0 Å². The predicted molar refractivity (Wildman–Crippen MR) is 96.7 cm³/mol. The Hall–Kier alpha value is -2.99. The molecule has 0 saturated heterocycles. The largest absolute Gasteiger partial charge is 0.343 e. The fraction of sp³-hybridized carbons (Fsp3) is 0.111. The quantitative estimate of drug-likeness (QED) is 0.754. The predicted octanol–water partition coefficient (Wildman–Crippen LogP) is 2.96. The average Bonchev–Trinajstić information content (AvgIpc) is 2.63. The number of carbonyl (C=O) groups excluding carboxylic acids is 2. The smallest absolute Gasteiger partial charge is 0.251 e. The van der Waals surface area contributed by atoms with Gasteiger partial charge in [0.05, 0.1) is 17.6 Å². The number of benzene rings is 2. The number of nitrogens with zero attached hydrogens (tertiary/aromatic N) is 2. The standard InChI is InChI=1S/C18H15ClN4O2/c1-11-13(19)3-2-4-14(11)23-17(24)10-22-18(25)12-5-6-15-16(9-12)21-8-7-20-15/h2-9H,10H2,1H3,(H,22,25)(H,23,24). The van der Waals surface area contributed by atoms with Gasteiger partial charge < -0.3 is 10.6 Å². The Morgan fingerprint density at radius 3 is 2.64 bits per heavy atom. The van der Waals surface area contributed by atoms with Crippen molar-refractivity contribution in [1.82, 2.24) is 15.3 Å². The van der Waals surface area contributed by atoms with Crippen LogP contribution in [0.5, 0.6) is 0 Å². The minimum atomic E-state index is -0.356. The number of halogens is 1. The molecule has 3 rings (SSSR count). The van der Waals surface area contributed by atoms with Crippen molar-refractivity contribution >= 4 is 40.1 Å². The van der Waals surface area contributed by atoms with Crippen LogP contribution in [0.2, 0.25) is 5.02 Å². The molecule has 2 amide bonds. The second-order valence-electron chi connectivity index (χ2n) is 5.40. The molecule has 0 unspecified atom stereocenters. The third-order valence-corrected chi connectivity index (χ3v) is 4.09. The summed E-state index contributed by atoms with van der Waals surface area (Å²) in [7, 11) is 0.